The van der Waals surface area contributed by atoms with Crippen molar-refractivity contribution in [2.75, 3.05) is 13.2 Å². The van der Waals surface area contributed by atoms with Crippen molar-refractivity contribution < 1.29 is 4.74 Å². The van der Waals surface area contributed by atoms with E-state index < -0.39 is 0 Å². The zero-order valence-corrected chi connectivity index (χ0v) is 9.98. The second-order valence-electron chi connectivity index (χ2n) is 4.86. The Labute approximate surface area is 83.1 Å². The molecule has 0 amide bonds. The maximum atomic E-state index is 5.62. The van der Waals surface area contributed by atoms with Gasteiger partial charge in [0, 0.05) is 6.04 Å². The van der Waals surface area contributed by atoms with Crippen LogP contribution in [-0.4, -0.2) is 25.3 Å². The first-order valence-corrected chi connectivity index (χ1v) is 5.23. The largest absolute Gasteiger partial charge is 0.377 e. The van der Waals surface area contributed by atoms with Gasteiger partial charge in [0.15, 0.2) is 0 Å². The maximum absolute atomic E-state index is 5.62. The van der Waals surface area contributed by atoms with Crippen LogP contribution in [0.15, 0.2) is 0 Å². The molecule has 2 nitrogen and oxygen atoms in total. The smallest absolute Gasteiger partial charge is 0.0628 e. The van der Waals surface area contributed by atoms with Gasteiger partial charge in [-0.3, -0.25) is 0 Å². The minimum Gasteiger partial charge on any atom is -0.377 e. The van der Waals surface area contributed by atoms with Gasteiger partial charge < -0.3 is 10.1 Å². The molecule has 0 aromatic carbocycles. The number of ether oxygens (including phenoxy) is 1. The molecule has 0 radical (unpaired) electrons. The summed E-state index contributed by atoms with van der Waals surface area (Å²) in [5, 5.41) is 3.45. The third-order valence-corrected chi connectivity index (χ3v) is 2.09. The lowest BCUT2D eigenvalue weighted by Gasteiger charge is -2.31. The molecule has 0 rings (SSSR count). The monoisotopic (exact) mass is 187 g/mol. The van der Waals surface area contributed by atoms with Crippen molar-refractivity contribution >= 4 is 0 Å². The van der Waals surface area contributed by atoms with Crippen LogP contribution >= 0.6 is 0 Å². The molecule has 2 heteroatoms. The van der Waals surface area contributed by atoms with E-state index in [0.29, 0.717) is 12.1 Å². The summed E-state index contributed by atoms with van der Waals surface area (Å²) in [6.07, 6.45) is 0.323. The van der Waals surface area contributed by atoms with Gasteiger partial charge in [-0.25, -0.2) is 0 Å². The van der Waals surface area contributed by atoms with Crippen LogP contribution in [0, 0.1) is 5.41 Å². The highest BCUT2D eigenvalue weighted by Crippen LogP contribution is 2.19. The molecule has 0 aromatic rings. The van der Waals surface area contributed by atoms with Crippen molar-refractivity contribution in [3.05, 3.63) is 0 Å². The summed E-state index contributed by atoms with van der Waals surface area (Å²) in [6, 6.07) is 0.444. The zero-order valence-electron chi connectivity index (χ0n) is 9.98. The Morgan fingerprint density at radius 2 is 1.77 bits per heavy atom. The molecule has 0 heterocycles. The van der Waals surface area contributed by atoms with Gasteiger partial charge in [-0.2, -0.15) is 0 Å². The van der Waals surface area contributed by atoms with Gasteiger partial charge in [-0.15, -0.1) is 0 Å². The Kier molecular flexibility index (Phi) is 5.57. The lowest BCUT2D eigenvalue weighted by atomic mass is 9.87. The fraction of sp³-hybridized carbons (Fsp3) is 1.00. The van der Waals surface area contributed by atoms with E-state index in [-0.39, 0.29) is 5.41 Å². The van der Waals surface area contributed by atoms with Crippen LogP contribution in [-0.2, 0) is 4.74 Å². The highest BCUT2D eigenvalue weighted by atomic mass is 16.5. The Bertz CT molecular complexity index is 127. The second-order valence-corrected chi connectivity index (χ2v) is 4.86. The molecular weight excluding hydrogens is 162 g/mol. The van der Waals surface area contributed by atoms with Crippen LogP contribution in [0.3, 0.4) is 0 Å². The van der Waals surface area contributed by atoms with E-state index in [0.717, 1.165) is 13.2 Å². The lowest BCUT2D eigenvalue weighted by Crippen LogP contribution is -2.44. The third-order valence-electron chi connectivity index (χ3n) is 2.09. The molecule has 0 spiro atoms. The highest BCUT2D eigenvalue weighted by molar-refractivity contribution is 4.79. The number of nitrogens with one attached hydrogen (secondary N) is 1. The van der Waals surface area contributed by atoms with Gasteiger partial charge in [0.2, 0.25) is 0 Å². The first kappa shape index (κ1) is 12.9. The number of rotatable bonds is 5. The van der Waals surface area contributed by atoms with Gasteiger partial charge in [0.05, 0.1) is 12.7 Å². The average molecular weight is 187 g/mol. The van der Waals surface area contributed by atoms with Crippen LogP contribution in [0.1, 0.15) is 41.5 Å². The van der Waals surface area contributed by atoms with E-state index >= 15 is 0 Å². The van der Waals surface area contributed by atoms with E-state index in [1.807, 2.05) is 0 Å². The first-order chi connectivity index (χ1) is 5.88. The van der Waals surface area contributed by atoms with Gasteiger partial charge in [-0.05, 0) is 25.8 Å². The highest BCUT2D eigenvalue weighted by Gasteiger charge is 2.23. The van der Waals surface area contributed by atoms with E-state index in [2.05, 4.69) is 46.9 Å². The summed E-state index contributed by atoms with van der Waals surface area (Å²) in [6.45, 7) is 14.8. The number of likely N-dealkylation sites (N-methyl/N-ethyl adjacent to an activating group) is 1. The van der Waals surface area contributed by atoms with Crippen molar-refractivity contribution in [3.8, 4) is 0 Å². The molecular formula is C11H25NO. The van der Waals surface area contributed by atoms with Crippen molar-refractivity contribution in [3.63, 3.8) is 0 Å². The molecule has 80 valence electrons. The van der Waals surface area contributed by atoms with Crippen LogP contribution in [0.2, 0.25) is 0 Å². The molecule has 1 unspecified atom stereocenters. The Morgan fingerprint density at radius 3 is 2.08 bits per heavy atom. The summed E-state index contributed by atoms with van der Waals surface area (Å²) >= 11 is 0. The summed E-state index contributed by atoms with van der Waals surface area (Å²) in [4.78, 5) is 0. The van der Waals surface area contributed by atoms with Crippen molar-refractivity contribution in [2.24, 2.45) is 5.41 Å². The molecule has 0 fully saturated rings. The van der Waals surface area contributed by atoms with Gasteiger partial charge in [0.25, 0.3) is 0 Å². The molecule has 0 saturated carbocycles. The third kappa shape index (κ3) is 6.05. The molecule has 0 bridgehead atoms. The Balaban J connectivity index is 3.95. The van der Waals surface area contributed by atoms with Gasteiger partial charge in [-0.1, -0.05) is 27.7 Å². The zero-order chi connectivity index (χ0) is 10.5. The predicted octanol–water partition coefficient (Wildman–Crippen LogP) is 2.44. The van der Waals surface area contributed by atoms with Crippen molar-refractivity contribution in [2.45, 2.75) is 53.7 Å². The molecule has 0 aliphatic rings. The van der Waals surface area contributed by atoms with Crippen LogP contribution in [0.25, 0.3) is 0 Å². The normalized spacial score (nSPS) is 15.0. The van der Waals surface area contributed by atoms with Gasteiger partial charge in [0.1, 0.15) is 0 Å². The second kappa shape index (κ2) is 5.61. The van der Waals surface area contributed by atoms with Crippen molar-refractivity contribution in [1.82, 2.24) is 5.32 Å². The topological polar surface area (TPSA) is 21.3 Å². The minimum absolute atomic E-state index is 0.269. The number of hydrogen-bond acceptors (Lipinski definition) is 2. The molecule has 0 aliphatic carbocycles. The summed E-state index contributed by atoms with van der Waals surface area (Å²) in [5.41, 5.74) is 0.269. The molecule has 0 aliphatic heterocycles. The quantitative estimate of drug-likeness (QED) is 0.714. The molecule has 1 atom stereocenters. The standard InChI is InChI=1S/C11H25NO/c1-7-12-10(11(4,5)6)8-13-9(2)3/h9-10,12H,7-8H2,1-6H3. The summed E-state index contributed by atoms with van der Waals surface area (Å²) < 4.78 is 5.62. The average Bonchev–Trinajstić information content (AvgIpc) is 1.95. The molecule has 13 heavy (non-hydrogen) atoms. The van der Waals surface area contributed by atoms with Gasteiger partial charge >= 0.3 is 0 Å². The van der Waals surface area contributed by atoms with Crippen LogP contribution < -0.4 is 5.32 Å². The summed E-state index contributed by atoms with van der Waals surface area (Å²) in [7, 11) is 0. The van der Waals surface area contributed by atoms with Crippen LogP contribution in [0.5, 0.6) is 0 Å². The first-order valence-electron chi connectivity index (χ1n) is 5.23. The SMILES string of the molecule is CCNC(COC(C)C)C(C)(C)C. The lowest BCUT2D eigenvalue weighted by molar-refractivity contribution is 0.0364. The van der Waals surface area contributed by atoms with E-state index in [1.54, 1.807) is 0 Å². The molecule has 0 saturated heterocycles. The van der Waals surface area contributed by atoms with E-state index in [4.69, 9.17) is 4.74 Å². The van der Waals surface area contributed by atoms with Crippen LogP contribution in [0.4, 0.5) is 0 Å². The Hall–Kier alpha value is -0.0800. The maximum Gasteiger partial charge on any atom is 0.0628 e. The Morgan fingerprint density at radius 1 is 1.23 bits per heavy atom. The minimum atomic E-state index is 0.269. The molecule has 0 aromatic heterocycles. The molecule has 1 N–H and O–H groups in total. The number of hydrogen-bond donors (Lipinski definition) is 1. The fourth-order valence-electron chi connectivity index (χ4n) is 1.15. The fourth-order valence-corrected chi connectivity index (χ4v) is 1.15. The van der Waals surface area contributed by atoms with E-state index in [1.165, 1.54) is 0 Å². The van der Waals surface area contributed by atoms with Crippen molar-refractivity contribution in [1.29, 1.82) is 0 Å². The summed E-state index contributed by atoms with van der Waals surface area (Å²) in [5.74, 6) is 0. The van der Waals surface area contributed by atoms with E-state index in [9.17, 15) is 0 Å². The predicted molar refractivity (Wildman–Crippen MR) is 58.0 cm³/mol.